The molecule has 0 aliphatic rings. The average molecular weight is 287 g/mol. The normalized spacial score (nSPS) is 9.88. The summed E-state index contributed by atoms with van der Waals surface area (Å²) in [6.07, 6.45) is 0. The van der Waals surface area contributed by atoms with Crippen molar-refractivity contribution in [2.24, 2.45) is 5.73 Å². The molecule has 0 saturated carbocycles. The van der Waals surface area contributed by atoms with E-state index < -0.39 is 4.92 Å². The Balaban J connectivity index is 2.93. The molecule has 0 bridgehead atoms. The lowest BCUT2D eigenvalue weighted by molar-refractivity contribution is -0.385. The summed E-state index contributed by atoms with van der Waals surface area (Å²) >= 11 is 3.20. The van der Waals surface area contributed by atoms with Gasteiger partial charge in [0.2, 0.25) is 5.75 Å². The van der Waals surface area contributed by atoms with Crippen LogP contribution in [-0.4, -0.2) is 18.1 Å². The van der Waals surface area contributed by atoms with E-state index in [-0.39, 0.29) is 24.6 Å². The number of hydrogen-bond donors (Lipinski definition) is 1. The highest BCUT2D eigenvalue weighted by Gasteiger charge is 2.17. The van der Waals surface area contributed by atoms with Gasteiger partial charge < -0.3 is 10.5 Å². The summed E-state index contributed by atoms with van der Waals surface area (Å²) in [5, 5.41) is 10.7. The molecule has 5 nitrogen and oxygen atoms in total. The zero-order chi connectivity index (χ0) is 12.1. The van der Waals surface area contributed by atoms with Gasteiger partial charge in [-0.15, -0.1) is 0 Å². The molecule has 0 aliphatic carbocycles. The number of halogens is 1. The third-order valence-corrected chi connectivity index (χ3v) is 2.48. The molecule has 0 radical (unpaired) electrons. The fraction of sp³-hybridized carbons (Fsp3) is 0.200. The van der Waals surface area contributed by atoms with Gasteiger partial charge in [0.1, 0.15) is 6.61 Å². The number of rotatable bonds is 5. The summed E-state index contributed by atoms with van der Waals surface area (Å²) in [4.78, 5) is 10.3. The van der Waals surface area contributed by atoms with E-state index in [9.17, 15) is 10.1 Å². The van der Waals surface area contributed by atoms with Crippen LogP contribution in [0.2, 0.25) is 0 Å². The Morgan fingerprint density at radius 3 is 2.88 bits per heavy atom. The van der Waals surface area contributed by atoms with Crippen LogP contribution in [0, 0.1) is 10.1 Å². The first kappa shape index (κ1) is 12.7. The van der Waals surface area contributed by atoms with Crippen molar-refractivity contribution in [2.45, 2.75) is 0 Å². The minimum absolute atomic E-state index is 0.0841. The first-order valence-corrected chi connectivity index (χ1v) is 5.28. The number of nitro benzene ring substituents is 1. The van der Waals surface area contributed by atoms with Crippen molar-refractivity contribution in [2.75, 3.05) is 13.2 Å². The molecule has 6 heteroatoms. The Kier molecular flexibility index (Phi) is 4.45. The smallest absolute Gasteiger partial charge is 0.312 e. The van der Waals surface area contributed by atoms with Gasteiger partial charge in [0.05, 0.1) is 9.40 Å². The number of nitro groups is 1. The lowest BCUT2D eigenvalue weighted by Crippen LogP contribution is -2.10. The van der Waals surface area contributed by atoms with Gasteiger partial charge >= 0.3 is 5.69 Å². The summed E-state index contributed by atoms with van der Waals surface area (Å²) in [6.45, 7) is 4.11. The first-order valence-electron chi connectivity index (χ1n) is 4.48. The molecule has 16 heavy (non-hydrogen) atoms. The van der Waals surface area contributed by atoms with Gasteiger partial charge in [-0.25, -0.2) is 0 Å². The summed E-state index contributed by atoms with van der Waals surface area (Å²) < 4.78 is 5.85. The summed E-state index contributed by atoms with van der Waals surface area (Å²) in [5.41, 5.74) is 5.93. The Morgan fingerprint density at radius 2 is 2.31 bits per heavy atom. The number of nitrogens with two attached hydrogens (primary N) is 1. The predicted molar refractivity (Wildman–Crippen MR) is 64.5 cm³/mol. The average Bonchev–Trinajstić information content (AvgIpc) is 2.26. The van der Waals surface area contributed by atoms with E-state index in [4.69, 9.17) is 10.5 Å². The topological polar surface area (TPSA) is 78.4 Å². The van der Waals surface area contributed by atoms with Crippen molar-refractivity contribution in [3.8, 4) is 5.75 Å². The second-order valence-electron chi connectivity index (χ2n) is 3.09. The summed E-state index contributed by atoms with van der Waals surface area (Å²) in [6, 6.07) is 4.63. The lowest BCUT2D eigenvalue weighted by Gasteiger charge is -2.08. The molecule has 2 N–H and O–H groups in total. The van der Waals surface area contributed by atoms with Crippen LogP contribution in [0.4, 0.5) is 5.69 Å². The SMILES string of the molecule is C=C(CN)COc1c(Br)cccc1[N+](=O)[O-]. The largest absolute Gasteiger partial charge is 0.481 e. The Morgan fingerprint density at radius 1 is 1.62 bits per heavy atom. The highest BCUT2D eigenvalue weighted by atomic mass is 79.9. The van der Waals surface area contributed by atoms with Crippen LogP contribution in [0.5, 0.6) is 5.75 Å². The standard InChI is InChI=1S/C10H11BrN2O3/c1-7(5-12)6-16-10-8(11)3-2-4-9(10)13(14)15/h2-4H,1,5-6,12H2. The maximum absolute atomic E-state index is 10.7. The molecule has 0 atom stereocenters. The van der Waals surface area contributed by atoms with Gasteiger partial charge in [-0.1, -0.05) is 12.6 Å². The van der Waals surface area contributed by atoms with Crippen LogP contribution in [-0.2, 0) is 0 Å². The van der Waals surface area contributed by atoms with Crippen LogP contribution < -0.4 is 10.5 Å². The molecule has 0 spiro atoms. The van der Waals surface area contributed by atoms with Crippen LogP contribution in [0.25, 0.3) is 0 Å². The molecular weight excluding hydrogens is 276 g/mol. The van der Waals surface area contributed by atoms with Crippen molar-refractivity contribution in [1.82, 2.24) is 0 Å². The Hall–Kier alpha value is -1.40. The number of benzene rings is 1. The fourth-order valence-electron chi connectivity index (χ4n) is 1.02. The molecule has 0 amide bonds. The molecule has 0 saturated heterocycles. The molecule has 0 heterocycles. The van der Waals surface area contributed by atoms with Crippen molar-refractivity contribution in [1.29, 1.82) is 0 Å². The molecule has 1 rings (SSSR count). The quantitative estimate of drug-likeness (QED) is 0.512. The van der Waals surface area contributed by atoms with Gasteiger partial charge in [0.15, 0.2) is 0 Å². The highest BCUT2D eigenvalue weighted by molar-refractivity contribution is 9.10. The molecule has 1 aromatic carbocycles. The maximum atomic E-state index is 10.7. The molecule has 1 aromatic rings. The predicted octanol–water partition coefficient (Wildman–Crippen LogP) is 2.25. The van der Waals surface area contributed by atoms with E-state index in [1.165, 1.54) is 6.07 Å². The monoisotopic (exact) mass is 286 g/mol. The summed E-state index contributed by atoms with van der Waals surface area (Å²) in [5.74, 6) is 0.196. The van der Waals surface area contributed by atoms with Crippen LogP contribution in [0.3, 0.4) is 0 Å². The van der Waals surface area contributed by atoms with E-state index >= 15 is 0 Å². The number of nitrogens with zero attached hydrogens (tertiary/aromatic N) is 1. The molecule has 0 aromatic heterocycles. The van der Waals surface area contributed by atoms with Crippen LogP contribution in [0.1, 0.15) is 0 Å². The lowest BCUT2D eigenvalue weighted by atomic mass is 10.3. The zero-order valence-corrected chi connectivity index (χ0v) is 10.1. The molecule has 0 aliphatic heterocycles. The number of para-hydroxylation sites is 1. The molecule has 0 fully saturated rings. The molecular formula is C10H11BrN2O3. The second kappa shape index (κ2) is 5.62. The van der Waals surface area contributed by atoms with Crippen LogP contribution in [0.15, 0.2) is 34.8 Å². The van der Waals surface area contributed by atoms with Crippen molar-refractivity contribution in [3.05, 3.63) is 44.9 Å². The van der Waals surface area contributed by atoms with Crippen molar-refractivity contribution < 1.29 is 9.66 Å². The Labute approximate surface area is 101 Å². The highest BCUT2D eigenvalue weighted by Crippen LogP contribution is 2.34. The Bertz CT molecular complexity index is 421. The van der Waals surface area contributed by atoms with Gasteiger partial charge in [-0.3, -0.25) is 10.1 Å². The maximum Gasteiger partial charge on any atom is 0.312 e. The number of ether oxygens (including phenoxy) is 1. The van der Waals surface area contributed by atoms with Crippen molar-refractivity contribution in [3.63, 3.8) is 0 Å². The first-order chi connectivity index (χ1) is 7.56. The fourth-order valence-corrected chi connectivity index (χ4v) is 1.49. The van der Waals surface area contributed by atoms with Crippen molar-refractivity contribution >= 4 is 21.6 Å². The zero-order valence-electron chi connectivity index (χ0n) is 8.48. The molecule has 86 valence electrons. The van der Waals surface area contributed by atoms with Gasteiger partial charge in [0.25, 0.3) is 0 Å². The van der Waals surface area contributed by atoms with E-state index in [0.717, 1.165) is 0 Å². The third kappa shape index (κ3) is 3.04. The van der Waals surface area contributed by atoms with E-state index in [0.29, 0.717) is 10.0 Å². The van der Waals surface area contributed by atoms with Gasteiger partial charge in [-0.2, -0.15) is 0 Å². The number of hydrogen-bond acceptors (Lipinski definition) is 4. The third-order valence-electron chi connectivity index (χ3n) is 1.85. The van der Waals surface area contributed by atoms with E-state index in [2.05, 4.69) is 22.5 Å². The van der Waals surface area contributed by atoms with Gasteiger partial charge in [0, 0.05) is 12.6 Å². The minimum Gasteiger partial charge on any atom is -0.481 e. The van der Waals surface area contributed by atoms with E-state index in [1.54, 1.807) is 12.1 Å². The van der Waals surface area contributed by atoms with Gasteiger partial charge in [-0.05, 0) is 27.6 Å². The summed E-state index contributed by atoms with van der Waals surface area (Å²) in [7, 11) is 0. The minimum atomic E-state index is -0.495. The molecule has 0 unspecified atom stereocenters. The second-order valence-corrected chi connectivity index (χ2v) is 3.94. The van der Waals surface area contributed by atoms with Crippen LogP contribution >= 0.6 is 15.9 Å². The van der Waals surface area contributed by atoms with E-state index in [1.807, 2.05) is 0 Å².